The van der Waals surface area contributed by atoms with Crippen molar-refractivity contribution in [2.24, 2.45) is 10.7 Å². The van der Waals surface area contributed by atoms with Crippen LogP contribution in [0.4, 0.5) is 10.1 Å². The van der Waals surface area contributed by atoms with E-state index in [1.54, 1.807) is 12.1 Å². The average molecular weight is 201 g/mol. The van der Waals surface area contributed by atoms with E-state index >= 15 is 0 Å². The van der Waals surface area contributed by atoms with Crippen molar-refractivity contribution >= 4 is 23.1 Å². The molecule has 1 rings (SSSR count). The van der Waals surface area contributed by atoms with Crippen molar-refractivity contribution in [3.63, 3.8) is 0 Å². The third-order valence-corrected chi connectivity index (χ3v) is 1.78. The standard InChI is InChI=1S/C9H10ClFN2/c1-6-2-3-8(7(11)4-6)13-9(12)5-10/h2-4H,5H2,1H3,(H2,12,13). The maximum absolute atomic E-state index is 13.1. The van der Waals surface area contributed by atoms with Gasteiger partial charge in [0.15, 0.2) is 0 Å². The van der Waals surface area contributed by atoms with Crippen molar-refractivity contribution in [2.45, 2.75) is 6.92 Å². The molecule has 0 aliphatic rings. The van der Waals surface area contributed by atoms with Crippen LogP contribution in [-0.4, -0.2) is 11.7 Å². The molecule has 1 aromatic rings. The molecule has 0 saturated carbocycles. The van der Waals surface area contributed by atoms with Gasteiger partial charge in [-0.15, -0.1) is 11.6 Å². The summed E-state index contributed by atoms with van der Waals surface area (Å²) >= 11 is 5.41. The minimum Gasteiger partial charge on any atom is -0.386 e. The first-order chi connectivity index (χ1) is 6.13. The van der Waals surface area contributed by atoms with Crippen LogP contribution in [0.15, 0.2) is 23.2 Å². The number of benzene rings is 1. The number of rotatable bonds is 2. The van der Waals surface area contributed by atoms with Crippen LogP contribution in [-0.2, 0) is 0 Å². The molecule has 0 aromatic heterocycles. The van der Waals surface area contributed by atoms with Crippen molar-refractivity contribution in [2.75, 3.05) is 5.88 Å². The normalized spacial score (nSPS) is 11.8. The number of aryl methyl sites for hydroxylation is 1. The minimum atomic E-state index is -0.381. The average Bonchev–Trinajstić information content (AvgIpc) is 2.09. The SMILES string of the molecule is Cc1ccc(N=C(N)CCl)c(F)c1. The second-order valence-electron chi connectivity index (χ2n) is 2.69. The summed E-state index contributed by atoms with van der Waals surface area (Å²) in [5.74, 6) is -0.0645. The van der Waals surface area contributed by atoms with E-state index in [9.17, 15) is 4.39 Å². The van der Waals surface area contributed by atoms with Gasteiger partial charge in [0, 0.05) is 0 Å². The van der Waals surface area contributed by atoms with Gasteiger partial charge in [0.1, 0.15) is 17.3 Å². The van der Waals surface area contributed by atoms with Crippen LogP contribution < -0.4 is 5.73 Å². The Morgan fingerprint density at radius 3 is 2.85 bits per heavy atom. The van der Waals surface area contributed by atoms with Crippen LogP contribution in [0.2, 0.25) is 0 Å². The summed E-state index contributed by atoms with van der Waals surface area (Å²) in [6.45, 7) is 1.81. The summed E-state index contributed by atoms with van der Waals surface area (Å²) < 4.78 is 13.1. The molecule has 2 N–H and O–H groups in total. The van der Waals surface area contributed by atoms with E-state index in [2.05, 4.69) is 4.99 Å². The van der Waals surface area contributed by atoms with E-state index in [1.165, 1.54) is 6.07 Å². The molecule has 0 unspecified atom stereocenters. The molecule has 0 amide bonds. The summed E-state index contributed by atoms with van der Waals surface area (Å²) in [6.07, 6.45) is 0. The first kappa shape index (κ1) is 9.99. The Balaban J connectivity index is 3.03. The lowest BCUT2D eigenvalue weighted by atomic mass is 10.2. The van der Waals surface area contributed by atoms with Gasteiger partial charge in [0.05, 0.1) is 5.88 Å². The molecule has 0 heterocycles. The fourth-order valence-electron chi connectivity index (χ4n) is 0.887. The molecule has 2 nitrogen and oxygen atoms in total. The van der Waals surface area contributed by atoms with E-state index in [1.807, 2.05) is 6.92 Å². The predicted octanol–water partition coefficient (Wildman–Crippen LogP) is 2.36. The van der Waals surface area contributed by atoms with Gasteiger partial charge >= 0.3 is 0 Å². The first-order valence-electron chi connectivity index (χ1n) is 3.78. The highest BCUT2D eigenvalue weighted by atomic mass is 35.5. The van der Waals surface area contributed by atoms with Crippen LogP contribution in [0.1, 0.15) is 5.56 Å². The molecule has 0 fully saturated rings. The monoisotopic (exact) mass is 200 g/mol. The third-order valence-electron chi connectivity index (χ3n) is 1.50. The van der Waals surface area contributed by atoms with Gasteiger partial charge in [0.2, 0.25) is 0 Å². The highest BCUT2D eigenvalue weighted by Gasteiger charge is 2.00. The van der Waals surface area contributed by atoms with E-state index < -0.39 is 0 Å². The quantitative estimate of drug-likeness (QED) is 0.444. The smallest absolute Gasteiger partial charge is 0.149 e. The lowest BCUT2D eigenvalue weighted by molar-refractivity contribution is 0.628. The zero-order chi connectivity index (χ0) is 9.84. The molecular formula is C9H10ClFN2. The summed E-state index contributed by atoms with van der Waals surface area (Å²) in [4.78, 5) is 3.81. The van der Waals surface area contributed by atoms with Crippen molar-refractivity contribution in [3.8, 4) is 0 Å². The lowest BCUT2D eigenvalue weighted by Crippen LogP contribution is -2.12. The summed E-state index contributed by atoms with van der Waals surface area (Å²) in [6, 6.07) is 4.74. The van der Waals surface area contributed by atoms with Gasteiger partial charge < -0.3 is 5.73 Å². The molecule has 0 aliphatic carbocycles. The number of nitrogens with zero attached hydrogens (tertiary/aromatic N) is 1. The molecule has 0 aliphatic heterocycles. The van der Waals surface area contributed by atoms with Crippen LogP contribution in [0, 0.1) is 12.7 Å². The van der Waals surface area contributed by atoms with Gasteiger partial charge in [-0.05, 0) is 24.6 Å². The van der Waals surface area contributed by atoms with E-state index in [4.69, 9.17) is 17.3 Å². The molecule has 13 heavy (non-hydrogen) atoms. The lowest BCUT2D eigenvalue weighted by Gasteiger charge is -1.99. The Morgan fingerprint density at radius 2 is 2.31 bits per heavy atom. The molecule has 4 heteroatoms. The summed E-state index contributed by atoms with van der Waals surface area (Å²) in [5, 5.41) is 0. The van der Waals surface area contributed by atoms with Crippen molar-refractivity contribution in [1.29, 1.82) is 0 Å². The molecule has 0 atom stereocenters. The number of nitrogens with two attached hydrogens (primary N) is 1. The minimum absolute atomic E-state index is 0.104. The summed E-state index contributed by atoms with van der Waals surface area (Å²) in [7, 11) is 0. The van der Waals surface area contributed by atoms with Crippen LogP contribution in [0.25, 0.3) is 0 Å². The summed E-state index contributed by atoms with van der Waals surface area (Å²) in [5.41, 5.74) is 6.44. The fourth-order valence-corrected chi connectivity index (χ4v) is 0.947. The van der Waals surface area contributed by atoms with Gasteiger partial charge in [-0.2, -0.15) is 0 Å². The van der Waals surface area contributed by atoms with E-state index in [0.717, 1.165) is 5.56 Å². The van der Waals surface area contributed by atoms with Crippen LogP contribution in [0.3, 0.4) is 0 Å². The highest BCUT2D eigenvalue weighted by Crippen LogP contribution is 2.18. The molecule has 0 bridgehead atoms. The van der Waals surface area contributed by atoms with E-state index in [-0.39, 0.29) is 23.2 Å². The predicted molar refractivity (Wildman–Crippen MR) is 53.1 cm³/mol. The molecular weight excluding hydrogens is 191 g/mol. The number of hydrogen-bond donors (Lipinski definition) is 1. The first-order valence-corrected chi connectivity index (χ1v) is 4.32. The largest absolute Gasteiger partial charge is 0.386 e. The Morgan fingerprint density at radius 1 is 1.62 bits per heavy atom. The van der Waals surface area contributed by atoms with Crippen molar-refractivity contribution < 1.29 is 4.39 Å². The number of amidine groups is 1. The van der Waals surface area contributed by atoms with Gasteiger partial charge in [-0.1, -0.05) is 6.07 Å². The van der Waals surface area contributed by atoms with E-state index in [0.29, 0.717) is 0 Å². The zero-order valence-corrected chi connectivity index (χ0v) is 7.98. The number of alkyl halides is 1. The van der Waals surface area contributed by atoms with Crippen LogP contribution >= 0.6 is 11.6 Å². The molecule has 70 valence electrons. The second-order valence-corrected chi connectivity index (χ2v) is 2.96. The Bertz CT molecular complexity index is 336. The Labute approximate surface area is 81.2 Å². The van der Waals surface area contributed by atoms with Gasteiger partial charge in [-0.25, -0.2) is 9.38 Å². The van der Waals surface area contributed by atoms with Crippen molar-refractivity contribution in [1.82, 2.24) is 0 Å². The van der Waals surface area contributed by atoms with Gasteiger partial charge in [0.25, 0.3) is 0 Å². The number of hydrogen-bond acceptors (Lipinski definition) is 1. The molecule has 1 aromatic carbocycles. The second kappa shape index (κ2) is 4.23. The fraction of sp³-hybridized carbons (Fsp3) is 0.222. The molecule has 0 radical (unpaired) electrons. The zero-order valence-electron chi connectivity index (χ0n) is 7.22. The van der Waals surface area contributed by atoms with Crippen molar-refractivity contribution in [3.05, 3.63) is 29.6 Å². The maximum Gasteiger partial charge on any atom is 0.149 e. The maximum atomic E-state index is 13.1. The molecule has 0 saturated heterocycles. The number of halogens is 2. The number of aliphatic imine (C=N–C) groups is 1. The molecule has 0 spiro atoms. The Hall–Kier alpha value is -1.09. The Kier molecular flexibility index (Phi) is 3.25. The van der Waals surface area contributed by atoms with Gasteiger partial charge in [-0.3, -0.25) is 0 Å². The highest BCUT2D eigenvalue weighted by molar-refractivity contribution is 6.28. The van der Waals surface area contributed by atoms with Crippen LogP contribution in [0.5, 0.6) is 0 Å². The topological polar surface area (TPSA) is 38.4 Å². The third kappa shape index (κ3) is 2.70.